The minimum atomic E-state index is -2.42. The molecule has 61 heavy (non-hydrogen) atoms. The molecule has 316 valence electrons. The molecule has 2 aliphatic heterocycles. The Bertz CT molecular complexity index is 2780. The van der Waals surface area contributed by atoms with E-state index in [0.717, 1.165) is 17.5 Å². The second-order valence-electron chi connectivity index (χ2n) is 16.1. The van der Waals surface area contributed by atoms with Gasteiger partial charge in [0.15, 0.2) is 11.3 Å². The fraction of sp³-hybridized carbons (Fsp3) is 0.475. The number of aryl methyl sites for hydroxylation is 1. The van der Waals surface area contributed by atoms with Gasteiger partial charge in [-0.25, -0.2) is 19.0 Å². The molecule has 0 spiro atoms. The lowest BCUT2D eigenvalue weighted by Gasteiger charge is -2.21. The van der Waals surface area contributed by atoms with Crippen LogP contribution in [0.1, 0.15) is 77.2 Å². The van der Waals surface area contributed by atoms with E-state index in [1.54, 1.807) is 26.7 Å². The summed E-state index contributed by atoms with van der Waals surface area (Å²) in [6.45, 7) is 3.61. The summed E-state index contributed by atoms with van der Waals surface area (Å²) in [5, 5.41) is 37.9. The molecule has 9 rings (SSSR count). The molecule has 5 aromatic rings. The van der Waals surface area contributed by atoms with Gasteiger partial charge in [-0.05, 0) is 66.3 Å². The van der Waals surface area contributed by atoms with E-state index in [1.165, 1.54) is 29.3 Å². The fourth-order valence-electron chi connectivity index (χ4n) is 8.30. The Morgan fingerprint density at radius 2 is 1.26 bits per heavy atom. The summed E-state index contributed by atoms with van der Waals surface area (Å²) >= 11 is 3.32. The van der Waals surface area contributed by atoms with Gasteiger partial charge in [-0.2, -0.15) is 25.8 Å². The Labute approximate surface area is 362 Å². The van der Waals surface area contributed by atoms with Gasteiger partial charge in [-0.3, -0.25) is 23.9 Å². The van der Waals surface area contributed by atoms with Crippen molar-refractivity contribution in [3.8, 4) is 23.4 Å². The van der Waals surface area contributed by atoms with E-state index >= 15 is 0 Å². The molecule has 0 radical (unpaired) electrons. The van der Waals surface area contributed by atoms with Crippen LogP contribution in [-0.2, 0) is 16.6 Å². The number of nitriles is 2. The summed E-state index contributed by atoms with van der Waals surface area (Å²) < 4.78 is 27.1. The molecule has 0 aromatic carbocycles. The number of nitrogens with one attached hydrogen (secondary N) is 2. The third-order valence-corrected chi connectivity index (χ3v) is 12.7. The number of nitrogens with two attached hydrogens (primary N) is 2. The molecule has 0 bridgehead atoms. The van der Waals surface area contributed by atoms with Gasteiger partial charge in [0.2, 0.25) is 11.8 Å². The van der Waals surface area contributed by atoms with E-state index < -0.39 is 29.6 Å². The Kier molecular flexibility index (Phi) is 9.67. The highest BCUT2D eigenvalue weighted by molar-refractivity contribution is 9.10. The van der Waals surface area contributed by atoms with Crippen molar-refractivity contribution in [3.05, 3.63) is 52.9 Å². The number of likely N-dealkylation sites (tertiary alicyclic amines) is 2. The first-order valence-corrected chi connectivity index (χ1v) is 20.8. The largest absolute Gasteiger partial charge is 0.376 e. The SMILES string of the molecule is CC[C@H]1CN(C(=O)C2(C#N)CC2)C[C@H]1Nc1c(C(N)=O)cnn2cc(Br)nc12.[2H]C([2H])([2H])n1cc(-c2cn3ncc(C(N)=O)c(N[C@@H]4CN(C(=O)C5(C#N)CC5)C[C@@H]4CC)c3n2)cn1. The second kappa shape index (κ2) is 15.8. The Balaban J connectivity index is 0.000000181. The van der Waals surface area contributed by atoms with E-state index in [0.29, 0.717) is 90.4 Å². The van der Waals surface area contributed by atoms with E-state index in [1.807, 2.05) is 6.92 Å². The highest BCUT2D eigenvalue weighted by atomic mass is 79.9. The number of imidazole rings is 2. The Hall–Kier alpha value is -6.61. The number of amides is 4. The molecular formula is C40H45BrN16O4. The van der Waals surface area contributed by atoms with Crippen LogP contribution >= 0.6 is 15.9 Å². The van der Waals surface area contributed by atoms with Crippen LogP contribution in [0.2, 0.25) is 0 Å². The maximum atomic E-state index is 13.0. The molecule has 21 heteroatoms. The summed E-state index contributed by atoms with van der Waals surface area (Å²) in [7, 11) is 0. The smallest absolute Gasteiger partial charge is 0.252 e. The normalized spacial score (nSPS) is 22.9. The Morgan fingerprint density at radius 1 is 0.770 bits per heavy atom. The summed E-state index contributed by atoms with van der Waals surface area (Å²) in [4.78, 5) is 62.4. The molecular weight excluding hydrogens is 848 g/mol. The number of carbonyl (C=O) groups is 4. The first kappa shape index (κ1) is 37.4. The van der Waals surface area contributed by atoms with Crippen LogP contribution in [0.4, 0.5) is 11.4 Å². The zero-order valence-corrected chi connectivity index (χ0v) is 35.0. The molecule has 4 aliphatic rings. The highest BCUT2D eigenvalue weighted by Crippen LogP contribution is 2.48. The molecule has 2 aliphatic carbocycles. The number of halogens is 1. The van der Waals surface area contributed by atoms with Gasteiger partial charge in [0.1, 0.15) is 15.4 Å². The summed E-state index contributed by atoms with van der Waals surface area (Å²) in [6, 6.07) is 4.07. The maximum Gasteiger partial charge on any atom is 0.252 e. The quantitative estimate of drug-likeness (QED) is 0.149. The number of rotatable bonds is 11. The lowest BCUT2D eigenvalue weighted by molar-refractivity contribution is -0.134. The average Bonchev–Trinajstić information content (AvgIpc) is 3.79. The molecule has 7 heterocycles. The molecule has 0 unspecified atom stereocenters. The number of aromatic nitrogens is 8. The van der Waals surface area contributed by atoms with Gasteiger partial charge in [0.05, 0.1) is 71.3 Å². The van der Waals surface area contributed by atoms with Crippen molar-refractivity contribution >= 4 is 62.2 Å². The van der Waals surface area contributed by atoms with Crippen LogP contribution in [-0.4, -0.2) is 111 Å². The minimum absolute atomic E-state index is 0.0804. The van der Waals surface area contributed by atoms with Crippen molar-refractivity contribution in [3.63, 3.8) is 0 Å². The minimum Gasteiger partial charge on any atom is -0.376 e. The number of carbonyl (C=O) groups excluding carboxylic acids is 4. The Morgan fingerprint density at radius 3 is 1.69 bits per heavy atom. The summed E-state index contributed by atoms with van der Waals surface area (Å²) in [5.41, 5.74) is 12.5. The molecule has 4 amide bonds. The number of anilines is 2. The summed E-state index contributed by atoms with van der Waals surface area (Å²) in [5.74, 6) is -1.24. The first-order valence-electron chi connectivity index (χ1n) is 21.5. The van der Waals surface area contributed by atoms with Crippen LogP contribution in [0.25, 0.3) is 22.6 Å². The van der Waals surface area contributed by atoms with E-state index in [2.05, 4.69) is 70.9 Å². The van der Waals surface area contributed by atoms with Gasteiger partial charge < -0.3 is 31.9 Å². The lowest BCUT2D eigenvalue weighted by atomic mass is 10.0. The summed E-state index contributed by atoms with van der Waals surface area (Å²) in [6.07, 6.45) is 12.9. The van der Waals surface area contributed by atoms with Gasteiger partial charge in [0, 0.05) is 61.1 Å². The standard InChI is InChI=1S/C22H25N9O2.C18H20BrN7O2/c1-3-13-9-30(21(33)22(12-23)4-5-22)10-16(13)27-18-15(19(24)32)7-26-31-11-17(28-20(18)31)14-6-25-29(2)8-14;1-2-10-6-25(17(28)18(9-20)3-4-18)7-12(10)23-14-11(15(21)27)5-22-26-8-13(19)24-16(14)26/h6-8,11,13,16,27H,3-5,9-10H2,1-2H3,(H2,24,32);5,8,10,12,23H,2-4,6-7H2,1H3,(H2,21,27)/t13-,16+;10-,12+/m00/s1/i2D3;. The van der Waals surface area contributed by atoms with Crippen molar-refractivity contribution in [1.29, 1.82) is 10.5 Å². The maximum absolute atomic E-state index is 13.0. The van der Waals surface area contributed by atoms with Crippen molar-refractivity contribution in [2.24, 2.45) is 41.1 Å². The lowest BCUT2D eigenvalue weighted by Crippen LogP contribution is -2.36. The number of fused-ring (bicyclic) bond motifs is 2. The van der Waals surface area contributed by atoms with Crippen LogP contribution in [0.15, 0.2) is 41.8 Å². The van der Waals surface area contributed by atoms with Crippen LogP contribution in [0.3, 0.4) is 0 Å². The molecule has 20 nitrogen and oxygen atoms in total. The van der Waals surface area contributed by atoms with Gasteiger partial charge in [-0.1, -0.05) is 13.8 Å². The number of hydrogen-bond acceptors (Lipinski definition) is 13. The van der Waals surface area contributed by atoms with Gasteiger partial charge in [-0.15, -0.1) is 0 Å². The zero-order chi connectivity index (χ0) is 45.9. The third-order valence-electron chi connectivity index (χ3n) is 12.3. The van der Waals surface area contributed by atoms with Crippen molar-refractivity contribution < 1.29 is 23.3 Å². The molecule has 2 saturated heterocycles. The average molecular weight is 897 g/mol. The van der Waals surface area contributed by atoms with Crippen molar-refractivity contribution in [2.45, 2.75) is 64.5 Å². The number of nitrogens with zero attached hydrogens (tertiary/aromatic N) is 12. The number of hydrogen-bond donors (Lipinski definition) is 4. The molecule has 4 fully saturated rings. The second-order valence-corrected chi connectivity index (χ2v) is 17.0. The van der Waals surface area contributed by atoms with E-state index in [4.69, 9.17) is 15.6 Å². The predicted octanol–water partition coefficient (Wildman–Crippen LogP) is 2.72. The van der Waals surface area contributed by atoms with Crippen LogP contribution in [0, 0.1) is 45.3 Å². The molecule has 5 aromatic heterocycles. The number of primary amides is 2. The van der Waals surface area contributed by atoms with E-state index in [9.17, 15) is 29.7 Å². The predicted molar refractivity (Wildman–Crippen MR) is 223 cm³/mol. The van der Waals surface area contributed by atoms with Gasteiger partial charge >= 0.3 is 0 Å². The van der Waals surface area contributed by atoms with Crippen molar-refractivity contribution in [1.82, 2.24) is 48.8 Å². The highest BCUT2D eigenvalue weighted by Gasteiger charge is 2.55. The van der Waals surface area contributed by atoms with Gasteiger partial charge in [0.25, 0.3) is 11.8 Å². The van der Waals surface area contributed by atoms with Crippen molar-refractivity contribution in [2.75, 3.05) is 36.8 Å². The third kappa shape index (κ3) is 7.58. The molecule has 4 atom stereocenters. The van der Waals surface area contributed by atoms with Crippen LogP contribution < -0.4 is 22.1 Å². The monoisotopic (exact) mass is 895 g/mol. The fourth-order valence-corrected chi connectivity index (χ4v) is 8.66. The van der Waals surface area contributed by atoms with E-state index in [-0.39, 0.29) is 46.9 Å². The molecule has 2 saturated carbocycles. The molecule has 6 N–H and O–H groups in total. The van der Waals surface area contributed by atoms with Crippen LogP contribution in [0.5, 0.6) is 0 Å². The topological polar surface area (TPSA) is 277 Å². The first-order chi connectivity index (χ1) is 30.4. The zero-order valence-electron chi connectivity index (χ0n) is 36.4.